The van der Waals surface area contributed by atoms with Crippen LogP contribution in [0.15, 0.2) is 59.5 Å². The number of ether oxygens (including phenoxy) is 2. The zero-order chi connectivity index (χ0) is 16.5. The Balaban J connectivity index is 1.65. The maximum atomic E-state index is 5.74. The molecule has 1 aromatic carbocycles. The van der Waals surface area contributed by atoms with E-state index in [1.54, 1.807) is 19.6 Å². The van der Waals surface area contributed by atoms with Crippen LogP contribution in [-0.4, -0.2) is 21.5 Å². The first-order valence-electron chi connectivity index (χ1n) is 7.45. The second-order valence-electron chi connectivity index (χ2n) is 5.27. The molecule has 3 aromatic heterocycles. The number of nitrogens with zero attached hydrogens (tertiary/aromatic N) is 3. The van der Waals surface area contributed by atoms with Crippen molar-refractivity contribution in [2.24, 2.45) is 0 Å². The van der Waals surface area contributed by atoms with Gasteiger partial charge in [0.2, 0.25) is 5.78 Å². The summed E-state index contributed by atoms with van der Waals surface area (Å²) in [6.45, 7) is 1.95. The summed E-state index contributed by atoms with van der Waals surface area (Å²) in [6.07, 6.45) is 5.30. The van der Waals surface area contributed by atoms with E-state index < -0.39 is 0 Å². The van der Waals surface area contributed by atoms with E-state index in [0.29, 0.717) is 17.5 Å². The Hall–Kier alpha value is -3.28. The summed E-state index contributed by atoms with van der Waals surface area (Å²) in [6, 6.07) is 11.0. The summed E-state index contributed by atoms with van der Waals surface area (Å²) in [7, 11) is 1.63. The van der Waals surface area contributed by atoms with Crippen LogP contribution in [0, 0.1) is 6.92 Å². The van der Waals surface area contributed by atoms with Crippen LogP contribution in [0.5, 0.6) is 17.4 Å². The molecule has 24 heavy (non-hydrogen) atoms. The molecule has 0 saturated carbocycles. The van der Waals surface area contributed by atoms with E-state index in [0.717, 1.165) is 22.7 Å². The normalized spacial score (nSPS) is 10.9. The Labute approximate surface area is 138 Å². The van der Waals surface area contributed by atoms with Gasteiger partial charge in [-0.15, -0.1) is 0 Å². The Morgan fingerprint density at radius 3 is 2.71 bits per heavy atom. The number of fused-ring (bicyclic) bond motifs is 1. The average Bonchev–Trinajstić information content (AvgIpc) is 3.18. The van der Waals surface area contributed by atoms with Gasteiger partial charge in [0.15, 0.2) is 0 Å². The van der Waals surface area contributed by atoms with Crippen molar-refractivity contribution in [1.29, 1.82) is 0 Å². The SMILES string of the molecule is COc1ccc(Oc2cc(-c3c(C)nc4ncccn34)co2)cc1. The van der Waals surface area contributed by atoms with Crippen LogP contribution >= 0.6 is 0 Å². The monoisotopic (exact) mass is 321 g/mol. The summed E-state index contributed by atoms with van der Waals surface area (Å²) in [4.78, 5) is 8.71. The maximum absolute atomic E-state index is 5.74. The highest BCUT2D eigenvalue weighted by molar-refractivity contribution is 5.66. The van der Waals surface area contributed by atoms with Gasteiger partial charge in [-0.1, -0.05) is 0 Å². The van der Waals surface area contributed by atoms with Gasteiger partial charge in [-0.2, -0.15) is 0 Å². The summed E-state index contributed by atoms with van der Waals surface area (Å²) < 4.78 is 18.3. The van der Waals surface area contributed by atoms with Crippen LogP contribution in [-0.2, 0) is 0 Å². The maximum Gasteiger partial charge on any atom is 0.290 e. The van der Waals surface area contributed by atoms with Crippen LogP contribution < -0.4 is 9.47 Å². The van der Waals surface area contributed by atoms with E-state index in [4.69, 9.17) is 13.9 Å². The van der Waals surface area contributed by atoms with Gasteiger partial charge in [-0.3, -0.25) is 4.40 Å². The van der Waals surface area contributed by atoms with E-state index in [1.807, 2.05) is 53.9 Å². The third-order valence-electron chi connectivity index (χ3n) is 3.70. The Bertz CT molecular complexity index is 986. The number of aryl methyl sites for hydroxylation is 1. The fraction of sp³-hybridized carbons (Fsp3) is 0.111. The molecule has 0 fully saturated rings. The number of aromatic nitrogens is 3. The first-order chi connectivity index (χ1) is 11.7. The third kappa shape index (κ3) is 2.48. The number of methoxy groups -OCH3 is 1. The molecule has 0 aliphatic rings. The molecule has 0 bridgehead atoms. The summed E-state index contributed by atoms with van der Waals surface area (Å²) in [5.41, 5.74) is 2.70. The minimum absolute atomic E-state index is 0.411. The lowest BCUT2D eigenvalue weighted by atomic mass is 10.2. The number of imidazole rings is 1. The highest BCUT2D eigenvalue weighted by Gasteiger charge is 2.15. The quantitative estimate of drug-likeness (QED) is 0.566. The molecule has 0 radical (unpaired) electrons. The van der Waals surface area contributed by atoms with Crippen LogP contribution in [0.4, 0.5) is 0 Å². The van der Waals surface area contributed by atoms with Crippen molar-refractivity contribution >= 4 is 5.78 Å². The van der Waals surface area contributed by atoms with Gasteiger partial charge in [0.25, 0.3) is 5.95 Å². The minimum atomic E-state index is 0.411. The van der Waals surface area contributed by atoms with E-state index >= 15 is 0 Å². The van der Waals surface area contributed by atoms with Crippen molar-refractivity contribution in [2.75, 3.05) is 7.11 Å². The van der Waals surface area contributed by atoms with Crippen LogP contribution in [0.1, 0.15) is 5.69 Å². The van der Waals surface area contributed by atoms with E-state index in [9.17, 15) is 0 Å². The Kier molecular flexibility index (Phi) is 3.42. The second-order valence-corrected chi connectivity index (χ2v) is 5.27. The molecular weight excluding hydrogens is 306 g/mol. The van der Waals surface area contributed by atoms with Gasteiger partial charge in [0, 0.05) is 24.0 Å². The van der Waals surface area contributed by atoms with Gasteiger partial charge in [0.1, 0.15) is 17.8 Å². The number of furan rings is 1. The van der Waals surface area contributed by atoms with Crippen molar-refractivity contribution in [3.8, 4) is 28.7 Å². The molecule has 6 nitrogen and oxygen atoms in total. The molecule has 0 atom stereocenters. The summed E-state index contributed by atoms with van der Waals surface area (Å²) >= 11 is 0. The van der Waals surface area contributed by atoms with Crippen LogP contribution in [0.2, 0.25) is 0 Å². The zero-order valence-corrected chi connectivity index (χ0v) is 13.3. The molecule has 0 N–H and O–H groups in total. The van der Waals surface area contributed by atoms with E-state index in [1.165, 1.54) is 0 Å². The summed E-state index contributed by atoms with van der Waals surface area (Å²) in [5, 5.41) is 0. The van der Waals surface area contributed by atoms with Gasteiger partial charge < -0.3 is 13.9 Å². The molecule has 120 valence electrons. The smallest absolute Gasteiger partial charge is 0.290 e. The Morgan fingerprint density at radius 1 is 1.12 bits per heavy atom. The Morgan fingerprint density at radius 2 is 1.92 bits per heavy atom. The zero-order valence-electron chi connectivity index (χ0n) is 13.3. The second kappa shape index (κ2) is 5.73. The van der Waals surface area contributed by atoms with Crippen molar-refractivity contribution < 1.29 is 13.9 Å². The standard InChI is InChI=1S/C18H15N3O3/c1-12-17(21-9-3-8-19-18(21)20-12)13-10-16(23-11-13)24-15-6-4-14(22-2)5-7-15/h3-11H,1-2H3. The molecule has 0 saturated heterocycles. The van der Waals surface area contributed by atoms with Crippen molar-refractivity contribution in [3.63, 3.8) is 0 Å². The van der Waals surface area contributed by atoms with Gasteiger partial charge in [-0.05, 0) is 37.3 Å². The molecule has 0 amide bonds. The fourth-order valence-electron chi connectivity index (χ4n) is 2.60. The topological polar surface area (TPSA) is 61.8 Å². The molecule has 4 aromatic rings. The van der Waals surface area contributed by atoms with Crippen molar-refractivity contribution in [2.45, 2.75) is 6.92 Å². The van der Waals surface area contributed by atoms with E-state index in [-0.39, 0.29) is 0 Å². The molecule has 6 heteroatoms. The van der Waals surface area contributed by atoms with Crippen LogP contribution in [0.25, 0.3) is 17.0 Å². The lowest BCUT2D eigenvalue weighted by molar-refractivity contribution is 0.346. The lowest BCUT2D eigenvalue weighted by Gasteiger charge is -2.03. The minimum Gasteiger partial charge on any atom is -0.497 e. The number of rotatable bonds is 4. The molecule has 0 aliphatic heterocycles. The third-order valence-corrected chi connectivity index (χ3v) is 3.70. The first kappa shape index (κ1) is 14.3. The van der Waals surface area contributed by atoms with Crippen molar-refractivity contribution in [3.05, 3.63) is 60.7 Å². The van der Waals surface area contributed by atoms with E-state index in [2.05, 4.69) is 9.97 Å². The molecule has 3 heterocycles. The molecule has 0 unspecified atom stereocenters. The first-order valence-corrected chi connectivity index (χ1v) is 7.45. The number of hydrogen-bond acceptors (Lipinski definition) is 5. The number of hydrogen-bond donors (Lipinski definition) is 0. The van der Waals surface area contributed by atoms with Gasteiger partial charge in [-0.25, -0.2) is 9.97 Å². The average molecular weight is 321 g/mol. The van der Waals surface area contributed by atoms with Crippen molar-refractivity contribution in [1.82, 2.24) is 14.4 Å². The molecule has 0 aliphatic carbocycles. The van der Waals surface area contributed by atoms with Gasteiger partial charge in [0.05, 0.1) is 18.5 Å². The predicted molar refractivity (Wildman–Crippen MR) is 88.5 cm³/mol. The number of benzene rings is 1. The fourth-order valence-corrected chi connectivity index (χ4v) is 2.60. The lowest BCUT2D eigenvalue weighted by Crippen LogP contribution is -1.89. The predicted octanol–water partition coefficient (Wildman–Crippen LogP) is 4.10. The van der Waals surface area contributed by atoms with Crippen LogP contribution in [0.3, 0.4) is 0 Å². The highest BCUT2D eigenvalue weighted by Crippen LogP contribution is 2.31. The highest BCUT2D eigenvalue weighted by atomic mass is 16.6. The molecular formula is C18H15N3O3. The molecule has 0 spiro atoms. The summed E-state index contributed by atoms with van der Waals surface area (Å²) in [5.74, 6) is 2.52. The largest absolute Gasteiger partial charge is 0.497 e. The van der Waals surface area contributed by atoms with Gasteiger partial charge >= 0.3 is 0 Å². The molecule has 4 rings (SSSR count).